The van der Waals surface area contributed by atoms with Crippen LogP contribution >= 0.6 is 41.7 Å². The molecule has 0 spiro atoms. The maximum absolute atomic E-state index is 13.7. The Kier molecular flexibility index (Phi) is 7.70. The highest BCUT2D eigenvalue weighted by molar-refractivity contribution is 14.2. The van der Waals surface area contributed by atoms with E-state index in [1.165, 1.54) is 21.1 Å². The van der Waals surface area contributed by atoms with Gasteiger partial charge in [-0.25, -0.2) is 21.6 Å². The largest absolute Gasteiger partial charge is 0.378 e. The van der Waals surface area contributed by atoms with E-state index in [-0.39, 0.29) is 45.8 Å². The summed E-state index contributed by atoms with van der Waals surface area (Å²) in [5.74, 6) is -3.28. The number of sulfone groups is 1. The molecule has 2 saturated carbocycles. The quantitative estimate of drug-likeness (QED) is 0.249. The van der Waals surface area contributed by atoms with Crippen molar-refractivity contribution < 1.29 is 31.5 Å². The molecule has 0 saturated heterocycles. The Balaban J connectivity index is 1.62. The van der Waals surface area contributed by atoms with Crippen LogP contribution in [0.3, 0.4) is 0 Å². The fourth-order valence-electron chi connectivity index (χ4n) is 5.09. The number of carbonyl (C=O) groups excluding carboxylic acids is 1. The van der Waals surface area contributed by atoms with E-state index >= 15 is 0 Å². The lowest BCUT2D eigenvalue weighted by atomic mass is 9.78. The highest BCUT2D eigenvalue weighted by atomic mass is 127. The minimum Gasteiger partial charge on any atom is -0.378 e. The van der Waals surface area contributed by atoms with Crippen LogP contribution in [0.4, 0.5) is 18.9 Å². The molecule has 2 N–H and O–H groups in total. The molecule has 12 heteroatoms. The van der Waals surface area contributed by atoms with Gasteiger partial charge in [0.25, 0.3) is 5.91 Å². The molecule has 0 aliphatic heterocycles. The van der Waals surface area contributed by atoms with E-state index in [1.54, 1.807) is 0 Å². The summed E-state index contributed by atoms with van der Waals surface area (Å²) < 4.78 is 67.5. The molecule has 2 aliphatic rings. The van der Waals surface area contributed by atoms with Gasteiger partial charge in [-0.3, -0.25) is 4.79 Å². The standard InChI is InChI=1S/C23H18ClF3INO4S2/c24-16-4-3-12(22(30)29-15-8-17(25)20(27)18(26)9-15)7-19(16)35(32,33)21-13-1-2-14(21)11-23(31,10-13)5-6-34-28/h3-4,7-9,13-14,21,31H,1-2,10-11H2,(H,29,30)/t13-,14?,21?,23+/m1/s1. The SMILES string of the molecule is O=C(Nc1cc(F)c(F)c(F)c1)c1ccc(Cl)c(S(=O)(=O)C2C3CC[C@@H]2C[C@@](O)(C#CSI)C3)c1. The third kappa shape index (κ3) is 5.32. The van der Waals surface area contributed by atoms with Gasteiger partial charge >= 0.3 is 0 Å². The number of rotatable bonds is 4. The zero-order valence-electron chi connectivity index (χ0n) is 17.8. The van der Waals surface area contributed by atoms with E-state index in [0.29, 0.717) is 25.0 Å². The van der Waals surface area contributed by atoms with E-state index in [9.17, 15) is 31.5 Å². The molecule has 5 nitrogen and oxygen atoms in total. The number of amides is 1. The molecule has 4 atom stereocenters. The van der Waals surface area contributed by atoms with E-state index in [0.717, 1.165) is 6.07 Å². The number of carbonyl (C=O) groups is 1. The highest BCUT2D eigenvalue weighted by Gasteiger charge is 2.54. The molecule has 2 aromatic carbocycles. The van der Waals surface area contributed by atoms with Gasteiger partial charge in [-0.05, 0) is 69.9 Å². The van der Waals surface area contributed by atoms with Crippen LogP contribution < -0.4 is 5.32 Å². The Bertz CT molecular complexity index is 1330. The van der Waals surface area contributed by atoms with Crippen LogP contribution in [0.25, 0.3) is 0 Å². The van der Waals surface area contributed by atoms with E-state index in [1.807, 2.05) is 21.2 Å². The molecule has 2 aliphatic carbocycles. The zero-order chi connectivity index (χ0) is 25.5. The molecule has 4 rings (SSSR count). The summed E-state index contributed by atoms with van der Waals surface area (Å²) in [7, 11) is -2.75. The van der Waals surface area contributed by atoms with Crippen molar-refractivity contribution in [3.05, 3.63) is 58.4 Å². The van der Waals surface area contributed by atoms with Crippen molar-refractivity contribution in [1.29, 1.82) is 0 Å². The van der Waals surface area contributed by atoms with Crippen molar-refractivity contribution in [3.8, 4) is 11.2 Å². The average molecular weight is 656 g/mol. The number of benzene rings is 2. The third-order valence-corrected chi connectivity index (χ3v) is 10.2. The van der Waals surface area contributed by atoms with Gasteiger partial charge in [0.15, 0.2) is 27.3 Å². The average Bonchev–Trinajstić information content (AvgIpc) is 3.09. The fourth-order valence-corrected chi connectivity index (χ4v) is 8.49. The third-order valence-electron chi connectivity index (χ3n) is 6.46. The molecule has 2 aromatic rings. The molecule has 0 aromatic heterocycles. The topological polar surface area (TPSA) is 83.5 Å². The second-order valence-electron chi connectivity index (χ2n) is 8.70. The number of halogens is 5. The Morgan fingerprint density at radius 1 is 1.14 bits per heavy atom. The van der Waals surface area contributed by atoms with Crippen LogP contribution in [-0.2, 0) is 9.84 Å². The predicted octanol–water partition coefficient (Wildman–Crippen LogP) is 5.75. The Morgan fingerprint density at radius 3 is 2.31 bits per heavy atom. The van der Waals surface area contributed by atoms with Gasteiger partial charge < -0.3 is 10.4 Å². The summed E-state index contributed by atoms with van der Waals surface area (Å²) in [5, 5.41) is 15.0. The van der Waals surface area contributed by atoms with Crippen molar-refractivity contribution in [1.82, 2.24) is 0 Å². The maximum Gasteiger partial charge on any atom is 0.255 e. The number of anilines is 1. The lowest BCUT2D eigenvalue weighted by Gasteiger charge is -2.38. The molecule has 0 radical (unpaired) electrons. The van der Waals surface area contributed by atoms with Gasteiger partial charge in [-0.15, -0.1) is 0 Å². The minimum atomic E-state index is -3.99. The second kappa shape index (κ2) is 10.1. The van der Waals surface area contributed by atoms with Gasteiger partial charge in [-0.2, -0.15) is 0 Å². The highest BCUT2D eigenvalue weighted by Crippen LogP contribution is 2.51. The normalized spacial score (nSPS) is 25.6. The fraction of sp³-hybridized carbons (Fsp3) is 0.348. The molecule has 186 valence electrons. The zero-order valence-corrected chi connectivity index (χ0v) is 22.4. The number of nitrogens with one attached hydrogen (secondary N) is 1. The first-order valence-corrected chi connectivity index (χ1v) is 15.7. The molecule has 1 amide bonds. The van der Waals surface area contributed by atoms with Gasteiger partial charge in [-0.1, -0.05) is 17.5 Å². The van der Waals surface area contributed by atoms with Gasteiger partial charge in [0.2, 0.25) is 0 Å². The monoisotopic (exact) mass is 655 g/mol. The van der Waals surface area contributed by atoms with Crippen molar-refractivity contribution in [2.24, 2.45) is 11.8 Å². The van der Waals surface area contributed by atoms with E-state index < -0.39 is 44.0 Å². The molecule has 2 bridgehead atoms. The smallest absolute Gasteiger partial charge is 0.255 e. The number of fused-ring (bicyclic) bond motifs is 2. The molecule has 2 unspecified atom stereocenters. The lowest BCUT2D eigenvalue weighted by Crippen LogP contribution is -2.45. The van der Waals surface area contributed by atoms with Gasteiger partial charge in [0, 0.05) is 44.6 Å². The summed E-state index contributed by atoms with van der Waals surface area (Å²) in [6.45, 7) is 0. The van der Waals surface area contributed by atoms with Crippen LogP contribution in [0.1, 0.15) is 36.0 Å². The number of hydrogen-bond donors (Lipinski definition) is 2. The number of aliphatic hydroxyl groups is 1. The molecule has 0 heterocycles. The van der Waals surface area contributed by atoms with Crippen LogP contribution in [0.5, 0.6) is 0 Å². The van der Waals surface area contributed by atoms with Gasteiger partial charge in [0.1, 0.15) is 5.60 Å². The predicted molar refractivity (Wildman–Crippen MR) is 136 cm³/mol. The van der Waals surface area contributed by atoms with Gasteiger partial charge in [0.05, 0.1) is 15.2 Å². The molecular formula is C23H18ClF3INO4S2. The van der Waals surface area contributed by atoms with Crippen molar-refractivity contribution >= 4 is 63.2 Å². The lowest BCUT2D eigenvalue weighted by molar-refractivity contribution is 0.0341. The van der Waals surface area contributed by atoms with E-state index in [4.69, 9.17) is 11.6 Å². The first-order chi connectivity index (χ1) is 16.4. The molecule has 35 heavy (non-hydrogen) atoms. The van der Waals surface area contributed by atoms with E-state index in [2.05, 4.69) is 16.5 Å². The summed E-state index contributed by atoms with van der Waals surface area (Å²) in [6.07, 6.45) is 1.68. The van der Waals surface area contributed by atoms with Crippen molar-refractivity contribution in [3.63, 3.8) is 0 Å². The number of hydrogen-bond acceptors (Lipinski definition) is 5. The Morgan fingerprint density at radius 2 is 1.74 bits per heavy atom. The molecular weight excluding hydrogens is 638 g/mol. The molecule has 2 fully saturated rings. The van der Waals surface area contributed by atoms with Crippen LogP contribution in [0.15, 0.2) is 35.2 Å². The van der Waals surface area contributed by atoms with Crippen LogP contribution in [-0.4, -0.2) is 30.3 Å². The summed E-state index contributed by atoms with van der Waals surface area (Å²) in [5.41, 5.74) is -1.69. The van der Waals surface area contributed by atoms with Crippen molar-refractivity contribution in [2.45, 2.75) is 41.4 Å². The second-order valence-corrected chi connectivity index (χ2v) is 12.9. The minimum absolute atomic E-state index is 0.0678. The van der Waals surface area contributed by atoms with Crippen molar-refractivity contribution in [2.75, 3.05) is 5.32 Å². The van der Waals surface area contributed by atoms with Crippen LogP contribution in [0, 0.1) is 40.5 Å². The summed E-state index contributed by atoms with van der Waals surface area (Å²) >= 11 is 8.24. The maximum atomic E-state index is 13.7. The first kappa shape index (κ1) is 26.6. The Hall–Kier alpha value is -1.46. The van der Waals surface area contributed by atoms with Crippen LogP contribution in [0.2, 0.25) is 5.02 Å². The first-order valence-electron chi connectivity index (χ1n) is 10.5. The Labute approximate surface area is 221 Å². The summed E-state index contributed by atoms with van der Waals surface area (Å²) in [4.78, 5) is 12.4. The summed E-state index contributed by atoms with van der Waals surface area (Å²) in [6, 6.07) is 4.89.